The standard InChI is InChI=1S/C22H25ClF3N3O3/c1-2-29(13-20(30)27-11-17-7-9-19(23)10-8-17)21(31)28-12-16-3-5-18(6-4-16)14-32-15-22(24,25)26/h3-10H,2,11-15H2,1H3,(H,27,30)(H,28,31). The largest absolute Gasteiger partial charge is 0.411 e. The highest BCUT2D eigenvalue weighted by molar-refractivity contribution is 6.30. The molecule has 0 spiro atoms. The molecule has 174 valence electrons. The molecule has 0 saturated carbocycles. The molecule has 10 heteroatoms. The van der Waals surface area contributed by atoms with Crippen LogP contribution >= 0.6 is 11.6 Å². The number of carbonyl (C=O) groups is 2. The van der Waals surface area contributed by atoms with Gasteiger partial charge in [0.15, 0.2) is 0 Å². The number of hydrogen-bond donors (Lipinski definition) is 2. The molecule has 0 aromatic heterocycles. The molecule has 0 aliphatic rings. The second-order valence-corrected chi connectivity index (χ2v) is 7.44. The van der Waals surface area contributed by atoms with Gasteiger partial charge in [-0.1, -0.05) is 48.0 Å². The van der Waals surface area contributed by atoms with Crippen LogP contribution in [0.2, 0.25) is 5.02 Å². The molecule has 0 saturated heterocycles. The van der Waals surface area contributed by atoms with Crippen molar-refractivity contribution in [3.8, 4) is 0 Å². The summed E-state index contributed by atoms with van der Waals surface area (Å²) in [7, 11) is 0. The molecule has 0 fully saturated rings. The molecular formula is C22H25ClF3N3O3. The molecule has 0 radical (unpaired) electrons. The summed E-state index contributed by atoms with van der Waals surface area (Å²) in [5.74, 6) is -0.292. The smallest absolute Gasteiger partial charge is 0.367 e. The van der Waals surface area contributed by atoms with Crippen LogP contribution in [0.3, 0.4) is 0 Å². The number of rotatable bonds is 10. The van der Waals surface area contributed by atoms with Crippen LogP contribution in [0, 0.1) is 0 Å². The number of hydrogen-bond acceptors (Lipinski definition) is 3. The molecule has 0 unspecified atom stereocenters. The topological polar surface area (TPSA) is 70.7 Å². The molecule has 0 aliphatic carbocycles. The van der Waals surface area contributed by atoms with Gasteiger partial charge in [0.1, 0.15) is 13.2 Å². The minimum absolute atomic E-state index is 0.0919. The highest BCUT2D eigenvalue weighted by Gasteiger charge is 2.27. The normalized spacial score (nSPS) is 11.2. The van der Waals surface area contributed by atoms with Crippen LogP contribution in [-0.4, -0.2) is 42.7 Å². The van der Waals surface area contributed by atoms with Gasteiger partial charge in [0, 0.05) is 24.7 Å². The van der Waals surface area contributed by atoms with E-state index in [0.717, 1.165) is 11.1 Å². The van der Waals surface area contributed by atoms with Crippen molar-refractivity contribution in [2.75, 3.05) is 19.7 Å². The van der Waals surface area contributed by atoms with Gasteiger partial charge in [-0.15, -0.1) is 0 Å². The van der Waals surface area contributed by atoms with Gasteiger partial charge < -0.3 is 20.3 Å². The van der Waals surface area contributed by atoms with Crippen LogP contribution in [0.1, 0.15) is 23.6 Å². The third-order valence-electron chi connectivity index (χ3n) is 4.41. The van der Waals surface area contributed by atoms with Crippen LogP contribution < -0.4 is 10.6 Å². The maximum Gasteiger partial charge on any atom is 0.411 e. The maximum absolute atomic E-state index is 12.4. The molecule has 0 aliphatic heterocycles. The number of carbonyl (C=O) groups excluding carboxylic acids is 2. The molecule has 3 amide bonds. The summed E-state index contributed by atoms with van der Waals surface area (Å²) in [6.07, 6.45) is -4.36. The number of nitrogens with zero attached hydrogens (tertiary/aromatic N) is 1. The number of alkyl halides is 3. The van der Waals surface area contributed by atoms with E-state index in [-0.39, 0.29) is 25.6 Å². The van der Waals surface area contributed by atoms with E-state index in [0.29, 0.717) is 23.7 Å². The van der Waals surface area contributed by atoms with E-state index in [4.69, 9.17) is 11.6 Å². The van der Waals surface area contributed by atoms with E-state index >= 15 is 0 Å². The second kappa shape index (κ2) is 12.3. The third kappa shape index (κ3) is 9.57. The van der Waals surface area contributed by atoms with Gasteiger partial charge >= 0.3 is 12.2 Å². The average Bonchev–Trinajstić information content (AvgIpc) is 2.75. The van der Waals surface area contributed by atoms with Crippen molar-refractivity contribution in [2.24, 2.45) is 0 Å². The Morgan fingerprint density at radius 1 is 0.938 bits per heavy atom. The first-order valence-corrected chi connectivity index (χ1v) is 10.3. The molecule has 2 N–H and O–H groups in total. The number of urea groups is 1. The number of likely N-dealkylation sites (N-methyl/N-ethyl adjacent to an activating group) is 1. The number of ether oxygens (including phenoxy) is 1. The summed E-state index contributed by atoms with van der Waals surface area (Å²) in [6.45, 7) is 1.11. The Balaban J connectivity index is 1.75. The zero-order valence-electron chi connectivity index (χ0n) is 17.5. The predicted octanol–water partition coefficient (Wildman–Crippen LogP) is 4.27. The first-order chi connectivity index (χ1) is 15.2. The summed E-state index contributed by atoms with van der Waals surface area (Å²) in [6, 6.07) is 13.4. The first kappa shape index (κ1) is 25.5. The van der Waals surface area contributed by atoms with Crippen molar-refractivity contribution < 1.29 is 27.5 Å². The van der Waals surface area contributed by atoms with Crippen molar-refractivity contribution in [3.05, 3.63) is 70.2 Å². The Labute approximate surface area is 189 Å². The number of benzene rings is 2. The third-order valence-corrected chi connectivity index (χ3v) is 4.66. The minimum atomic E-state index is -4.36. The Kier molecular flexibility index (Phi) is 9.80. The van der Waals surface area contributed by atoms with Gasteiger partial charge in [-0.25, -0.2) is 4.79 Å². The van der Waals surface area contributed by atoms with Crippen LogP contribution in [0.25, 0.3) is 0 Å². The molecule has 2 aromatic rings. The lowest BCUT2D eigenvalue weighted by Crippen LogP contribution is -2.45. The summed E-state index contributed by atoms with van der Waals surface area (Å²) >= 11 is 5.83. The van der Waals surface area contributed by atoms with Gasteiger partial charge in [0.25, 0.3) is 0 Å². The van der Waals surface area contributed by atoms with Gasteiger partial charge in [-0.2, -0.15) is 13.2 Å². The van der Waals surface area contributed by atoms with Crippen molar-refractivity contribution in [1.29, 1.82) is 0 Å². The molecule has 32 heavy (non-hydrogen) atoms. The van der Waals surface area contributed by atoms with E-state index in [9.17, 15) is 22.8 Å². The molecule has 0 heterocycles. The Bertz CT molecular complexity index is 875. The van der Waals surface area contributed by atoms with E-state index in [1.165, 1.54) is 4.90 Å². The molecule has 6 nitrogen and oxygen atoms in total. The van der Waals surface area contributed by atoms with Crippen LogP contribution in [0.5, 0.6) is 0 Å². The lowest BCUT2D eigenvalue weighted by molar-refractivity contribution is -0.176. The van der Waals surface area contributed by atoms with Gasteiger partial charge in [0.2, 0.25) is 5.91 Å². The summed E-state index contributed by atoms with van der Waals surface area (Å²) < 4.78 is 40.9. The van der Waals surface area contributed by atoms with Crippen molar-refractivity contribution >= 4 is 23.5 Å². The average molecular weight is 472 g/mol. The SMILES string of the molecule is CCN(CC(=O)NCc1ccc(Cl)cc1)C(=O)NCc1ccc(COCC(F)(F)F)cc1. The zero-order chi connectivity index (χ0) is 23.6. The predicted molar refractivity (Wildman–Crippen MR) is 115 cm³/mol. The van der Waals surface area contributed by atoms with Crippen molar-refractivity contribution in [2.45, 2.75) is 32.8 Å². The Morgan fingerprint density at radius 2 is 1.47 bits per heavy atom. The van der Waals surface area contributed by atoms with E-state index < -0.39 is 18.8 Å². The molecule has 2 rings (SSSR count). The van der Waals surface area contributed by atoms with E-state index in [1.807, 2.05) is 0 Å². The van der Waals surface area contributed by atoms with Crippen LogP contribution in [0.15, 0.2) is 48.5 Å². The Morgan fingerprint density at radius 3 is 2.03 bits per heavy atom. The molecular weight excluding hydrogens is 447 g/mol. The molecule has 2 aromatic carbocycles. The summed E-state index contributed by atoms with van der Waals surface area (Å²) in [5, 5.41) is 6.10. The number of nitrogens with one attached hydrogen (secondary N) is 2. The van der Waals surface area contributed by atoms with Gasteiger partial charge in [-0.05, 0) is 35.7 Å². The minimum Gasteiger partial charge on any atom is -0.367 e. The fourth-order valence-corrected chi connectivity index (χ4v) is 2.81. The summed E-state index contributed by atoms with van der Waals surface area (Å²) in [4.78, 5) is 25.9. The maximum atomic E-state index is 12.4. The first-order valence-electron chi connectivity index (χ1n) is 9.92. The zero-order valence-corrected chi connectivity index (χ0v) is 18.3. The lowest BCUT2D eigenvalue weighted by atomic mass is 10.1. The quantitative estimate of drug-likeness (QED) is 0.543. The van der Waals surface area contributed by atoms with Crippen molar-refractivity contribution in [1.82, 2.24) is 15.5 Å². The highest BCUT2D eigenvalue weighted by Crippen LogP contribution is 2.16. The number of halogens is 4. The molecule has 0 bridgehead atoms. The Hall–Kier alpha value is -2.78. The monoisotopic (exact) mass is 471 g/mol. The fraction of sp³-hybridized carbons (Fsp3) is 0.364. The van der Waals surface area contributed by atoms with Crippen LogP contribution in [0.4, 0.5) is 18.0 Å². The molecule has 0 atom stereocenters. The highest BCUT2D eigenvalue weighted by atomic mass is 35.5. The second-order valence-electron chi connectivity index (χ2n) is 7.00. The van der Waals surface area contributed by atoms with Gasteiger partial charge in [0.05, 0.1) is 6.61 Å². The number of amides is 3. The summed E-state index contributed by atoms with van der Waals surface area (Å²) in [5.41, 5.74) is 2.25. The van der Waals surface area contributed by atoms with Gasteiger partial charge in [-0.3, -0.25) is 4.79 Å². The fourth-order valence-electron chi connectivity index (χ4n) is 2.69. The van der Waals surface area contributed by atoms with E-state index in [2.05, 4.69) is 15.4 Å². The lowest BCUT2D eigenvalue weighted by Gasteiger charge is -2.21. The van der Waals surface area contributed by atoms with E-state index in [1.54, 1.807) is 55.5 Å². The van der Waals surface area contributed by atoms with Crippen molar-refractivity contribution in [3.63, 3.8) is 0 Å². The van der Waals surface area contributed by atoms with Crippen LogP contribution in [-0.2, 0) is 29.2 Å².